The van der Waals surface area contributed by atoms with Gasteiger partial charge in [0.1, 0.15) is 11.5 Å². The first kappa shape index (κ1) is 19.9. The molecule has 1 fully saturated rings. The van der Waals surface area contributed by atoms with Crippen LogP contribution in [0.2, 0.25) is 0 Å². The van der Waals surface area contributed by atoms with Crippen molar-refractivity contribution in [2.45, 2.75) is 45.7 Å². The molecule has 1 aromatic carbocycles. The number of rotatable bonds is 7. The van der Waals surface area contributed by atoms with E-state index in [2.05, 4.69) is 41.1 Å². The smallest absolute Gasteiger partial charge is 0.257 e. The molecule has 2 aromatic heterocycles. The van der Waals surface area contributed by atoms with Crippen molar-refractivity contribution in [2.75, 3.05) is 20.8 Å². The summed E-state index contributed by atoms with van der Waals surface area (Å²) in [5, 5.41) is 8.61. The molecule has 0 radical (unpaired) electrons. The number of likely N-dealkylation sites (tertiary alicyclic amines) is 1. The minimum absolute atomic E-state index is 0.266. The second kappa shape index (κ2) is 8.55. The molecule has 1 aliphatic rings. The molecule has 6 nitrogen and oxygen atoms in total. The van der Waals surface area contributed by atoms with E-state index in [1.165, 1.54) is 16.0 Å². The Balaban J connectivity index is 1.53. The first-order chi connectivity index (χ1) is 14.1. The molecule has 1 saturated heterocycles. The molecule has 1 unspecified atom stereocenters. The maximum absolute atomic E-state index is 6.02. The summed E-state index contributed by atoms with van der Waals surface area (Å²) in [6.07, 6.45) is 3.23. The fourth-order valence-electron chi connectivity index (χ4n) is 4.03. The Morgan fingerprint density at radius 2 is 2.07 bits per heavy atom. The molecule has 0 saturated carbocycles. The average molecular weight is 414 g/mol. The van der Waals surface area contributed by atoms with E-state index in [0.717, 1.165) is 42.2 Å². The van der Waals surface area contributed by atoms with Gasteiger partial charge >= 0.3 is 0 Å². The summed E-state index contributed by atoms with van der Waals surface area (Å²) in [5.74, 6) is 2.93. The third-order valence-electron chi connectivity index (χ3n) is 5.52. The highest BCUT2D eigenvalue weighted by atomic mass is 32.1. The van der Waals surface area contributed by atoms with Crippen molar-refractivity contribution in [1.29, 1.82) is 0 Å². The Bertz CT molecular complexity index is 982. The SMILES string of the molecule is CCc1sc(-c2nnc(CN3CCCC3c3ccc(OC)cc3OC)o2)cc1C. The van der Waals surface area contributed by atoms with Gasteiger partial charge in [0.25, 0.3) is 5.89 Å². The summed E-state index contributed by atoms with van der Waals surface area (Å²) in [5.41, 5.74) is 2.46. The number of thiophene rings is 1. The van der Waals surface area contributed by atoms with Crippen LogP contribution in [0.5, 0.6) is 11.5 Å². The predicted octanol–water partition coefficient (Wildman–Crippen LogP) is 5.02. The highest BCUT2D eigenvalue weighted by molar-refractivity contribution is 7.15. The molecule has 1 aliphatic heterocycles. The zero-order valence-corrected chi connectivity index (χ0v) is 18.2. The molecule has 0 spiro atoms. The number of methoxy groups -OCH3 is 2. The van der Waals surface area contributed by atoms with Gasteiger partial charge in [-0.05, 0) is 50.4 Å². The molecule has 3 heterocycles. The Kier molecular flexibility index (Phi) is 5.87. The second-order valence-corrected chi connectivity index (χ2v) is 8.44. The van der Waals surface area contributed by atoms with E-state index in [4.69, 9.17) is 13.9 Å². The lowest BCUT2D eigenvalue weighted by molar-refractivity contribution is 0.220. The van der Waals surface area contributed by atoms with Gasteiger partial charge in [0, 0.05) is 22.5 Å². The second-order valence-electron chi connectivity index (χ2n) is 7.31. The van der Waals surface area contributed by atoms with Crippen molar-refractivity contribution in [3.63, 3.8) is 0 Å². The Hall–Kier alpha value is -2.38. The minimum Gasteiger partial charge on any atom is -0.497 e. The maximum atomic E-state index is 6.02. The summed E-state index contributed by atoms with van der Waals surface area (Å²) >= 11 is 1.74. The fourth-order valence-corrected chi connectivity index (χ4v) is 5.06. The van der Waals surface area contributed by atoms with Gasteiger partial charge in [0.05, 0.1) is 25.6 Å². The average Bonchev–Trinajstić information content (AvgIpc) is 3.47. The van der Waals surface area contributed by atoms with E-state index in [0.29, 0.717) is 18.3 Å². The fraction of sp³-hybridized carbons (Fsp3) is 0.455. The number of benzene rings is 1. The highest BCUT2D eigenvalue weighted by Gasteiger charge is 2.30. The van der Waals surface area contributed by atoms with Crippen LogP contribution in [-0.2, 0) is 13.0 Å². The molecule has 0 aliphatic carbocycles. The summed E-state index contributed by atoms with van der Waals surface area (Å²) in [4.78, 5) is 4.80. The Morgan fingerprint density at radius 3 is 2.79 bits per heavy atom. The van der Waals surface area contributed by atoms with Gasteiger partial charge in [-0.25, -0.2) is 0 Å². The molecule has 0 bridgehead atoms. The van der Waals surface area contributed by atoms with Crippen LogP contribution in [0.15, 0.2) is 28.7 Å². The van der Waals surface area contributed by atoms with Crippen LogP contribution >= 0.6 is 11.3 Å². The summed E-state index contributed by atoms with van der Waals surface area (Å²) in [7, 11) is 3.37. The zero-order chi connectivity index (χ0) is 20.4. The van der Waals surface area contributed by atoms with Gasteiger partial charge in [-0.15, -0.1) is 21.5 Å². The van der Waals surface area contributed by atoms with Crippen LogP contribution in [0.25, 0.3) is 10.8 Å². The standard InChI is InChI=1S/C22H27N3O3S/c1-5-19-14(2)11-20(29-19)22-24-23-21(28-22)13-25-10-6-7-17(25)16-9-8-15(26-3)12-18(16)27-4/h8-9,11-12,17H,5-7,10,13H2,1-4H3. The van der Waals surface area contributed by atoms with Gasteiger partial charge in [-0.3, -0.25) is 4.90 Å². The number of hydrogen-bond acceptors (Lipinski definition) is 7. The van der Waals surface area contributed by atoms with Gasteiger partial charge in [0.15, 0.2) is 0 Å². The highest BCUT2D eigenvalue weighted by Crippen LogP contribution is 2.39. The zero-order valence-electron chi connectivity index (χ0n) is 17.4. The molecular formula is C22H27N3O3S. The molecule has 3 aromatic rings. The van der Waals surface area contributed by atoms with Gasteiger partial charge in [-0.1, -0.05) is 13.0 Å². The van der Waals surface area contributed by atoms with Crippen LogP contribution in [0.1, 0.15) is 47.7 Å². The van der Waals surface area contributed by atoms with Crippen LogP contribution < -0.4 is 9.47 Å². The van der Waals surface area contributed by atoms with Crippen molar-refractivity contribution in [3.8, 4) is 22.3 Å². The third-order valence-corrected chi connectivity index (χ3v) is 6.89. The molecule has 154 valence electrons. The van der Waals surface area contributed by atoms with Crippen molar-refractivity contribution in [2.24, 2.45) is 0 Å². The first-order valence-electron chi connectivity index (χ1n) is 10.0. The molecule has 7 heteroatoms. The Labute approximate surface area is 175 Å². The summed E-state index contributed by atoms with van der Waals surface area (Å²) < 4.78 is 17.0. The lowest BCUT2D eigenvalue weighted by Gasteiger charge is -2.25. The monoisotopic (exact) mass is 413 g/mol. The summed E-state index contributed by atoms with van der Waals surface area (Å²) in [6.45, 7) is 5.93. The van der Waals surface area contributed by atoms with E-state index in [9.17, 15) is 0 Å². The topological polar surface area (TPSA) is 60.6 Å². The van der Waals surface area contributed by atoms with Crippen LogP contribution in [0, 0.1) is 6.92 Å². The molecular weight excluding hydrogens is 386 g/mol. The number of hydrogen-bond donors (Lipinski definition) is 0. The van der Waals surface area contributed by atoms with E-state index in [-0.39, 0.29) is 6.04 Å². The third kappa shape index (κ3) is 4.02. The molecule has 0 amide bonds. The van der Waals surface area contributed by atoms with Crippen molar-refractivity contribution in [1.82, 2.24) is 15.1 Å². The van der Waals surface area contributed by atoms with Gasteiger partial charge in [0.2, 0.25) is 5.89 Å². The maximum Gasteiger partial charge on any atom is 0.257 e. The lowest BCUT2D eigenvalue weighted by atomic mass is 10.0. The largest absolute Gasteiger partial charge is 0.497 e. The Morgan fingerprint density at radius 1 is 1.21 bits per heavy atom. The first-order valence-corrected chi connectivity index (χ1v) is 10.8. The lowest BCUT2D eigenvalue weighted by Crippen LogP contribution is -2.23. The van der Waals surface area contributed by atoms with Crippen molar-refractivity contribution >= 4 is 11.3 Å². The molecule has 4 rings (SSSR count). The van der Waals surface area contributed by atoms with E-state index in [1.54, 1.807) is 25.6 Å². The number of aryl methyl sites for hydroxylation is 2. The number of ether oxygens (including phenoxy) is 2. The van der Waals surface area contributed by atoms with Crippen LogP contribution in [0.3, 0.4) is 0 Å². The van der Waals surface area contributed by atoms with Gasteiger partial charge < -0.3 is 13.9 Å². The van der Waals surface area contributed by atoms with E-state index < -0.39 is 0 Å². The van der Waals surface area contributed by atoms with Crippen LogP contribution in [0.4, 0.5) is 0 Å². The van der Waals surface area contributed by atoms with Crippen molar-refractivity contribution in [3.05, 3.63) is 46.2 Å². The molecule has 29 heavy (non-hydrogen) atoms. The van der Waals surface area contributed by atoms with Crippen molar-refractivity contribution < 1.29 is 13.9 Å². The van der Waals surface area contributed by atoms with E-state index >= 15 is 0 Å². The molecule has 1 atom stereocenters. The number of aromatic nitrogens is 2. The predicted molar refractivity (Wildman–Crippen MR) is 114 cm³/mol. The van der Waals surface area contributed by atoms with Crippen LogP contribution in [-0.4, -0.2) is 35.9 Å². The normalized spacial score (nSPS) is 17.0. The van der Waals surface area contributed by atoms with E-state index in [1.807, 2.05) is 12.1 Å². The molecule has 0 N–H and O–H groups in total. The quantitative estimate of drug-likeness (QED) is 0.542. The number of nitrogens with zero attached hydrogens (tertiary/aromatic N) is 3. The van der Waals surface area contributed by atoms with Gasteiger partial charge in [-0.2, -0.15) is 0 Å². The summed E-state index contributed by atoms with van der Waals surface area (Å²) in [6, 6.07) is 8.44. The minimum atomic E-state index is 0.266.